The Morgan fingerprint density at radius 1 is 0.941 bits per heavy atom. The van der Waals surface area contributed by atoms with E-state index in [2.05, 4.69) is 0 Å². The zero-order valence-electron chi connectivity index (χ0n) is 8.48. The molecule has 0 aliphatic heterocycles. The highest BCUT2D eigenvalue weighted by Crippen LogP contribution is 2.30. The van der Waals surface area contributed by atoms with Crippen LogP contribution in [0.2, 0.25) is 5.02 Å². The lowest BCUT2D eigenvalue weighted by molar-refractivity contribution is 0.449. The van der Waals surface area contributed by atoms with Crippen molar-refractivity contribution >= 4 is 17.3 Å². The molecular weight excluding hydrogens is 251 g/mol. The third-order valence-electron chi connectivity index (χ3n) is 2.34. The second-order valence-electron chi connectivity index (χ2n) is 3.46. The molecule has 0 heterocycles. The first kappa shape index (κ1) is 11.8. The quantitative estimate of drug-likeness (QED) is 0.606. The number of nitrogens with two attached hydrogens (primary N) is 1. The molecule has 2 rings (SSSR count). The van der Waals surface area contributed by atoms with Gasteiger partial charge in [-0.2, -0.15) is 0 Å². The molecule has 0 saturated heterocycles. The van der Waals surface area contributed by atoms with E-state index in [-0.39, 0.29) is 11.3 Å². The zero-order valence-corrected chi connectivity index (χ0v) is 9.23. The molecule has 2 N–H and O–H groups in total. The van der Waals surface area contributed by atoms with Gasteiger partial charge in [-0.1, -0.05) is 17.7 Å². The Kier molecular flexibility index (Phi) is 2.98. The predicted molar refractivity (Wildman–Crippen MR) is 61.2 cm³/mol. The van der Waals surface area contributed by atoms with Gasteiger partial charge in [-0.3, -0.25) is 0 Å². The molecule has 88 valence electrons. The lowest BCUT2D eigenvalue weighted by atomic mass is 10.0. The Morgan fingerprint density at radius 3 is 2.29 bits per heavy atom. The van der Waals surface area contributed by atoms with E-state index in [1.165, 1.54) is 18.2 Å². The fraction of sp³-hybridized carbons (Fsp3) is 0. The van der Waals surface area contributed by atoms with Gasteiger partial charge in [-0.25, -0.2) is 13.2 Å². The molecule has 17 heavy (non-hydrogen) atoms. The monoisotopic (exact) mass is 257 g/mol. The van der Waals surface area contributed by atoms with Crippen LogP contribution in [0.15, 0.2) is 30.3 Å². The van der Waals surface area contributed by atoms with Crippen molar-refractivity contribution in [2.75, 3.05) is 5.73 Å². The van der Waals surface area contributed by atoms with Crippen molar-refractivity contribution in [3.05, 3.63) is 52.8 Å². The fourth-order valence-electron chi connectivity index (χ4n) is 1.46. The average molecular weight is 258 g/mol. The van der Waals surface area contributed by atoms with E-state index in [1.54, 1.807) is 0 Å². The van der Waals surface area contributed by atoms with Crippen LogP contribution in [-0.4, -0.2) is 0 Å². The van der Waals surface area contributed by atoms with Crippen LogP contribution in [0, 0.1) is 17.5 Å². The molecule has 0 radical (unpaired) electrons. The number of benzene rings is 2. The van der Waals surface area contributed by atoms with E-state index < -0.39 is 17.5 Å². The van der Waals surface area contributed by atoms with E-state index in [4.69, 9.17) is 17.3 Å². The van der Waals surface area contributed by atoms with Crippen LogP contribution in [0.1, 0.15) is 0 Å². The van der Waals surface area contributed by atoms with Gasteiger partial charge in [0.1, 0.15) is 0 Å². The SMILES string of the molecule is Nc1cc(-c2ccc(F)c(F)c2F)ccc1Cl. The third-order valence-corrected chi connectivity index (χ3v) is 2.69. The fourth-order valence-corrected chi connectivity index (χ4v) is 1.58. The second-order valence-corrected chi connectivity index (χ2v) is 3.87. The molecule has 0 atom stereocenters. The molecular formula is C12H7ClF3N. The Hall–Kier alpha value is -1.68. The van der Waals surface area contributed by atoms with Crippen LogP contribution in [0.4, 0.5) is 18.9 Å². The van der Waals surface area contributed by atoms with Crippen molar-refractivity contribution in [3.63, 3.8) is 0 Å². The summed E-state index contributed by atoms with van der Waals surface area (Å²) < 4.78 is 39.3. The topological polar surface area (TPSA) is 26.0 Å². The van der Waals surface area contributed by atoms with Crippen LogP contribution in [-0.2, 0) is 0 Å². The van der Waals surface area contributed by atoms with Crippen LogP contribution in [0.3, 0.4) is 0 Å². The molecule has 0 spiro atoms. The Bertz CT molecular complexity index is 584. The van der Waals surface area contributed by atoms with Gasteiger partial charge in [0.15, 0.2) is 17.5 Å². The van der Waals surface area contributed by atoms with Crippen LogP contribution in [0.25, 0.3) is 11.1 Å². The molecule has 2 aromatic carbocycles. The molecule has 5 heteroatoms. The Labute approximate surface area is 101 Å². The lowest BCUT2D eigenvalue weighted by Gasteiger charge is -2.06. The summed E-state index contributed by atoms with van der Waals surface area (Å²) in [5.74, 6) is -3.98. The summed E-state index contributed by atoms with van der Waals surface area (Å²) in [5.41, 5.74) is 6.07. The molecule has 0 bridgehead atoms. The second kappa shape index (κ2) is 4.30. The maximum atomic E-state index is 13.5. The van der Waals surface area contributed by atoms with Crippen molar-refractivity contribution in [2.45, 2.75) is 0 Å². The van der Waals surface area contributed by atoms with Crippen molar-refractivity contribution < 1.29 is 13.2 Å². The highest BCUT2D eigenvalue weighted by Gasteiger charge is 2.14. The van der Waals surface area contributed by atoms with Crippen LogP contribution in [0.5, 0.6) is 0 Å². The molecule has 1 nitrogen and oxygen atoms in total. The lowest BCUT2D eigenvalue weighted by Crippen LogP contribution is -1.95. The van der Waals surface area contributed by atoms with Crippen LogP contribution >= 0.6 is 11.6 Å². The highest BCUT2D eigenvalue weighted by molar-refractivity contribution is 6.33. The zero-order chi connectivity index (χ0) is 12.6. The number of hydrogen-bond acceptors (Lipinski definition) is 1. The van der Waals surface area contributed by atoms with Gasteiger partial charge < -0.3 is 5.73 Å². The molecule has 0 amide bonds. The van der Waals surface area contributed by atoms with Crippen LogP contribution < -0.4 is 5.73 Å². The Morgan fingerprint density at radius 2 is 1.65 bits per heavy atom. The maximum absolute atomic E-state index is 13.5. The first-order valence-corrected chi connectivity index (χ1v) is 5.07. The molecule has 0 unspecified atom stereocenters. The van der Waals surface area contributed by atoms with E-state index in [0.29, 0.717) is 10.6 Å². The average Bonchev–Trinajstić information content (AvgIpc) is 2.30. The maximum Gasteiger partial charge on any atom is 0.195 e. The number of anilines is 1. The van der Waals surface area contributed by atoms with Gasteiger partial charge in [0.05, 0.1) is 10.7 Å². The molecule has 2 aromatic rings. The van der Waals surface area contributed by atoms with Crippen molar-refractivity contribution in [2.24, 2.45) is 0 Å². The smallest absolute Gasteiger partial charge is 0.195 e. The largest absolute Gasteiger partial charge is 0.398 e. The molecule has 0 aliphatic rings. The molecule has 0 fully saturated rings. The van der Waals surface area contributed by atoms with Crippen molar-refractivity contribution in [3.8, 4) is 11.1 Å². The summed E-state index contributed by atoms with van der Waals surface area (Å²) in [4.78, 5) is 0. The van der Waals surface area contributed by atoms with Crippen molar-refractivity contribution in [1.82, 2.24) is 0 Å². The van der Waals surface area contributed by atoms with Gasteiger partial charge in [0, 0.05) is 5.56 Å². The van der Waals surface area contributed by atoms with Gasteiger partial charge in [0.25, 0.3) is 0 Å². The van der Waals surface area contributed by atoms with E-state index in [0.717, 1.165) is 12.1 Å². The number of hydrogen-bond donors (Lipinski definition) is 1. The normalized spacial score (nSPS) is 10.6. The summed E-state index contributed by atoms with van der Waals surface area (Å²) in [6.45, 7) is 0. The van der Waals surface area contributed by atoms with Gasteiger partial charge in [-0.05, 0) is 29.8 Å². The number of nitrogen functional groups attached to an aromatic ring is 1. The molecule has 0 saturated carbocycles. The standard InChI is InChI=1S/C12H7ClF3N/c13-8-3-1-6(5-10(8)17)7-2-4-9(14)12(16)11(7)15/h1-5H,17H2. The first-order chi connectivity index (χ1) is 8.00. The van der Waals surface area contributed by atoms with Gasteiger partial charge in [-0.15, -0.1) is 0 Å². The summed E-state index contributed by atoms with van der Waals surface area (Å²) in [6.07, 6.45) is 0. The number of rotatable bonds is 1. The van der Waals surface area contributed by atoms with E-state index >= 15 is 0 Å². The minimum atomic E-state index is -1.50. The summed E-state index contributed by atoms with van der Waals surface area (Å²) in [5, 5.41) is 0.316. The predicted octanol–water partition coefficient (Wildman–Crippen LogP) is 4.01. The van der Waals surface area contributed by atoms with Crippen molar-refractivity contribution in [1.29, 1.82) is 0 Å². The highest BCUT2D eigenvalue weighted by atomic mass is 35.5. The Balaban J connectivity index is 2.61. The van der Waals surface area contributed by atoms with Gasteiger partial charge >= 0.3 is 0 Å². The number of halogens is 4. The van der Waals surface area contributed by atoms with E-state index in [9.17, 15) is 13.2 Å². The van der Waals surface area contributed by atoms with E-state index in [1.807, 2.05) is 0 Å². The minimum absolute atomic E-state index is 0.0627. The summed E-state index contributed by atoms with van der Waals surface area (Å²) in [7, 11) is 0. The third kappa shape index (κ3) is 2.08. The first-order valence-electron chi connectivity index (χ1n) is 4.69. The molecule has 0 aliphatic carbocycles. The summed E-state index contributed by atoms with van der Waals surface area (Å²) in [6, 6.07) is 6.36. The molecule has 0 aromatic heterocycles. The summed E-state index contributed by atoms with van der Waals surface area (Å²) >= 11 is 5.71. The van der Waals surface area contributed by atoms with Gasteiger partial charge in [0.2, 0.25) is 0 Å². The minimum Gasteiger partial charge on any atom is -0.398 e.